The molecule has 0 saturated carbocycles. The topological polar surface area (TPSA) is 91.8 Å². The summed E-state index contributed by atoms with van der Waals surface area (Å²) < 4.78 is 1.72. The number of benzene rings is 1. The van der Waals surface area contributed by atoms with E-state index in [2.05, 4.69) is 10.2 Å². The first-order chi connectivity index (χ1) is 10.1. The smallest absolute Gasteiger partial charge is 0.313 e. The summed E-state index contributed by atoms with van der Waals surface area (Å²) in [5.74, 6) is -0.372. The van der Waals surface area contributed by atoms with Crippen LogP contribution in [0.2, 0.25) is 5.02 Å². The number of carboxylic acids is 1. The molecule has 0 atom stereocenters. The van der Waals surface area contributed by atoms with Gasteiger partial charge in [-0.1, -0.05) is 30.3 Å². The van der Waals surface area contributed by atoms with Crippen LogP contribution in [-0.2, 0) is 11.2 Å². The Balaban J connectivity index is 2.49. The number of nitrogens with zero attached hydrogens (tertiary/aromatic N) is 4. The third-order valence-corrected chi connectivity index (χ3v) is 3.88. The van der Waals surface area contributed by atoms with Crippen molar-refractivity contribution in [1.29, 1.82) is 5.26 Å². The summed E-state index contributed by atoms with van der Waals surface area (Å²) in [7, 11) is 0. The lowest BCUT2D eigenvalue weighted by Crippen LogP contribution is -2.05. The van der Waals surface area contributed by atoms with Crippen LogP contribution in [0.15, 0.2) is 23.4 Å². The molecule has 0 unspecified atom stereocenters. The number of aliphatic carboxylic acids is 1. The second-order valence-electron chi connectivity index (χ2n) is 4.05. The number of rotatable bonds is 5. The molecule has 0 bridgehead atoms. The van der Waals surface area contributed by atoms with Gasteiger partial charge >= 0.3 is 5.97 Å². The van der Waals surface area contributed by atoms with E-state index in [1.165, 1.54) is 0 Å². The lowest BCUT2D eigenvalue weighted by molar-refractivity contribution is -0.133. The Bertz CT molecular complexity index is 723. The maximum atomic E-state index is 10.7. The van der Waals surface area contributed by atoms with Crippen molar-refractivity contribution in [3.63, 3.8) is 0 Å². The molecule has 108 valence electrons. The van der Waals surface area contributed by atoms with Gasteiger partial charge in [0.15, 0.2) is 5.16 Å². The van der Waals surface area contributed by atoms with E-state index in [-0.39, 0.29) is 5.75 Å². The predicted molar refractivity (Wildman–Crippen MR) is 78.8 cm³/mol. The van der Waals surface area contributed by atoms with Crippen molar-refractivity contribution >= 4 is 29.3 Å². The molecule has 1 aromatic heterocycles. The molecular weight excluding hydrogens is 312 g/mol. The van der Waals surface area contributed by atoms with Crippen LogP contribution in [0, 0.1) is 11.3 Å². The number of nitriles is 1. The van der Waals surface area contributed by atoms with Gasteiger partial charge < -0.3 is 5.11 Å². The van der Waals surface area contributed by atoms with E-state index < -0.39 is 5.97 Å². The SMILES string of the molecule is CCc1nnc(SCC(=O)O)n1-c1ccc(C#N)cc1Cl. The van der Waals surface area contributed by atoms with Crippen LogP contribution < -0.4 is 0 Å². The van der Waals surface area contributed by atoms with Gasteiger partial charge in [0, 0.05) is 6.42 Å². The molecule has 0 aliphatic heterocycles. The average molecular weight is 323 g/mol. The van der Waals surface area contributed by atoms with E-state index in [0.717, 1.165) is 11.8 Å². The second-order valence-corrected chi connectivity index (χ2v) is 5.40. The Morgan fingerprint density at radius 2 is 2.29 bits per heavy atom. The molecule has 0 amide bonds. The first-order valence-electron chi connectivity index (χ1n) is 6.05. The predicted octanol–water partition coefficient (Wildman–Crippen LogP) is 2.53. The first-order valence-corrected chi connectivity index (χ1v) is 7.42. The van der Waals surface area contributed by atoms with Crippen molar-refractivity contribution < 1.29 is 9.90 Å². The van der Waals surface area contributed by atoms with E-state index >= 15 is 0 Å². The van der Waals surface area contributed by atoms with Crippen molar-refractivity contribution in [2.45, 2.75) is 18.5 Å². The Labute approximate surface area is 130 Å². The highest BCUT2D eigenvalue weighted by atomic mass is 35.5. The van der Waals surface area contributed by atoms with Gasteiger partial charge in [0.1, 0.15) is 5.82 Å². The zero-order valence-electron chi connectivity index (χ0n) is 11.1. The van der Waals surface area contributed by atoms with E-state index in [1.54, 1.807) is 22.8 Å². The molecule has 8 heteroatoms. The first kappa shape index (κ1) is 15.4. The molecule has 0 radical (unpaired) electrons. The van der Waals surface area contributed by atoms with E-state index in [1.807, 2.05) is 13.0 Å². The standard InChI is InChI=1S/C13H11ClN4O2S/c1-2-11-16-17-13(21-7-12(19)20)18(11)10-4-3-8(6-15)5-9(10)14/h3-5H,2,7H2,1H3,(H,19,20). The van der Waals surface area contributed by atoms with Gasteiger partial charge in [-0.25, -0.2) is 0 Å². The Morgan fingerprint density at radius 1 is 1.52 bits per heavy atom. The van der Waals surface area contributed by atoms with Gasteiger partial charge in [0.2, 0.25) is 0 Å². The zero-order valence-corrected chi connectivity index (χ0v) is 12.6. The van der Waals surface area contributed by atoms with Crippen molar-refractivity contribution in [3.05, 3.63) is 34.6 Å². The number of aryl methyl sites for hydroxylation is 1. The fourth-order valence-electron chi connectivity index (χ4n) is 1.75. The van der Waals surface area contributed by atoms with Crippen LogP contribution in [0.25, 0.3) is 5.69 Å². The quantitative estimate of drug-likeness (QED) is 0.850. The van der Waals surface area contributed by atoms with E-state index in [0.29, 0.717) is 33.7 Å². The summed E-state index contributed by atoms with van der Waals surface area (Å²) in [6, 6.07) is 6.92. The van der Waals surface area contributed by atoms with Crippen LogP contribution >= 0.6 is 23.4 Å². The van der Waals surface area contributed by atoms with Gasteiger partial charge in [0.25, 0.3) is 0 Å². The maximum absolute atomic E-state index is 10.7. The minimum Gasteiger partial charge on any atom is -0.481 e. The second kappa shape index (κ2) is 6.61. The van der Waals surface area contributed by atoms with Gasteiger partial charge in [-0.3, -0.25) is 9.36 Å². The maximum Gasteiger partial charge on any atom is 0.313 e. The third-order valence-electron chi connectivity index (χ3n) is 2.66. The molecule has 21 heavy (non-hydrogen) atoms. The molecule has 1 heterocycles. The number of carbonyl (C=O) groups is 1. The van der Waals surface area contributed by atoms with Gasteiger partial charge in [0.05, 0.1) is 28.1 Å². The number of hydrogen-bond donors (Lipinski definition) is 1. The number of thioether (sulfide) groups is 1. The van der Waals surface area contributed by atoms with E-state index in [9.17, 15) is 4.79 Å². The average Bonchev–Trinajstić information content (AvgIpc) is 2.87. The van der Waals surface area contributed by atoms with Gasteiger partial charge in [-0.15, -0.1) is 10.2 Å². The summed E-state index contributed by atoms with van der Waals surface area (Å²) in [6.07, 6.45) is 0.622. The fraction of sp³-hybridized carbons (Fsp3) is 0.231. The molecule has 0 aliphatic carbocycles. The van der Waals surface area contributed by atoms with Crippen LogP contribution in [-0.4, -0.2) is 31.6 Å². The highest BCUT2D eigenvalue weighted by Crippen LogP contribution is 2.28. The largest absolute Gasteiger partial charge is 0.481 e. The molecule has 0 saturated heterocycles. The summed E-state index contributed by atoms with van der Waals surface area (Å²) in [4.78, 5) is 10.7. The monoisotopic (exact) mass is 322 g/mol. The molecule has 1 N–H and O–H groups in total. The Kier molecular flexibility index (Phi) is 4.83. The normalized spacial score (nSPS) is 10.3. The van der Waals surface area contributed by atoms with Crippen molar-refractivity contribution in [2.24, 2.45) is 0 Å². The van der Waals surface area contributed by atoms with Crippen molar-refractivity contribution in [3.8, 4) is 11.8 Å². The fourth-order valence-corrected chi connectivity index (χ4v) is 2.70. The number of carboxylic acid groups (broad SMARTS) is 1. The molecule has 1 aromatic carbocycles. The highest BCUT2D eigenvalue weighted by molar-refractivity contribution is 7.99. The molecule has 2 aromatic rings. The molecule has 2 rings (SSSR count). The molecular formula is C13H11ClN4O2S. The highest BCUT2D eigenvalue weighted by Gasteiger charge is 2.16. The lowest BCUT2D eigenvalue weighted by Gasteiger charge is -2.10. The minimum absolute atomic E-state index is 0.115. The molecule has 0 spiro atoms. The lowest BCUT2D eigenvalue weighted by atomic mass is 10.2. The molecule has 0 fully saturated rings. The summed E-state index contributed by atoms with van der Waals surface area (Å²) in [5, 5.41) is 26.6. The number of aromatic nitrogens is 3. The summed E-state index contributed by atoms with van der Waals surface area (Å²) in [5.41, 5.74) is 1.08. The molecule has 6 nitrogen and oxygen atoms in total. The third kappa shape index (κ3) is 3.35. The van der Waals surface area contributed by atoms with Gasteiger partial charge in [-0.2, -0.15) is 5.26 Å². The van der Waals surface area contributed by atoms with Gasteiger partial charge in [-0.05, 0) is 18.2 Å². The van der Waals surface area contributed by atoms with Crippen LogP contribution in [0.5, 0.6) is 0 Å². The summed E-state index contributed by atoms with van der Waals surface area (Å²) >= 11 is 7.28. The van der Waals surface area contributed by atoms with Crippen LogP contribution in [0.1, 0.15) is 18.3 Å². The number of hydrogen-bond acceptors (Lipinski definition) is 5. The van der Waals surface area contributed by atoms with Crippen molar-refractivity contribution in [2.75, 3.05) is 5.75 Å². The summed E-state index contributed by atoms with van der Waals surface area (Å²) in [6.45, 7) is 1.92. The van der Waals surface area contributed by atoms with Crippen LogP contribution in [0.4, 0.5) is 0 Å². The minimum atomic E-state index is -0.932. The zero-order chi connectivity index (χ0) is 15.4. The molecule has 0 aliphatic rings. The van der Waals surface area contributed by atoms with Crippen LogP contribution in [0.3, 0.4) is 0 Å². The number of halogens is 1. The van der Waals surface area contributed by atoms with Crippen molar-refractivity contribution in [1.82, 2.24) is 14.8 Å². The van der Waals surface area contributed by atoms with E-state index in [4.69, 9.17) is 22.0 Å². The Morgan fingerprint density at radius 3 is 2.86 bits per heavy atom. The Hall–Kier alpha value is -2.04.